The van der Waals surface area contributed by atoms with Gasteiger partial charge in [0.05, 0.1) is 5.56 Å². The summed E-state index contributed by atoms with van der Waals surface area (Å²) < 4.78 is 0. The summed E-state index contributed by atoms with van der Waals surface area (Å²) in [6, 6.07) is 24.1. The van der Waals surface area contributed by atoms with Crippen LogP contribution in [-0.4, -0.2) is 17.4 Å². The Bertz CT molecular complexity index is 892. The minimum atomic E-state index is -0.0567. The highest BCUT2D eigenvalue weighted by Gasteiger charge is 2.44. The number of carbonyl (C=O) groups excluding carboxylic acids is 1. The van der Waals surface area contributed by atoms with Gasteiger partial charge >= 0.3 is 0 Å². The van der Waals surface area contributed by atoms with Crippen molar-refractivity contribution in [3.63, 3.8) is 0 Å². The molecule has 4 rings (SSSR count). The van der Waals surface area contributed by atoms with Crippen molar-refractivity contribution >= 4 is 17.7 Å². The smallest absolute Gasteiger partial charge is 0.254 e. The van der Waals surface area contributed by atoms with E-state index in [1.54, 1.807) is 6.20 Å². The predicted molar refractivity (Wildman–Crippen MR) is 104 cm³/mol. The van der Waals surface area contributed by atoms with Crippen LogP contribution in [0.4, 0.5) is 0 Å². The zero-order valence-electron chi connectivity index (χ0n) is 14.4. The van der Waals surface area contributed by atoms with Crippen molar-refractivity contribution in [3.8, 4) is 0 Å². The molecule has 1 aromatic heterocycles. The van der Waals surface area contributed by atoms with E-state index in [0.29, 0.717) is 12.1 Å². The molecule has 0 saturated heterocycles. The second kappa shape index (κ2) is 7.34. The van der Waals surface area contributed by atoms with Crippen LogP contribution < -0.4 is 5.32 Å². The monoisotopic (exact) mass is 360 g/mol. The Morgan fingerprint density at radius 3 is 2.35 bits per heavy atom. The highest BCUT2D eigenvalue weighted by Crippen LogP contribution is 2.47. The van der Waals surface area contributed by atoms with Gasteiger partial charge < -0.3 is 5.32 Å². The first kappa shape index (κ1) is 16.9. The van der Waals surface area contributed by atoms with Crippen molar-refractivity contribution in [3.05, 3.63) is 90.1 Å². The van der Waals surface area contributed by atoms with Gasteiger partial charge in [0, 0.05) is 23.1 Å². The number of amides is 1. The van der Waals surface area contributed by atoms with Crippen molar-refractivity contribution in [2.24, 2.45) is 0 Å². The fraction of sp³-hybridized carbons (Fsp3) is 0.182. The van der Waals surface area contributed by atoms with Gasteiger partial charge in [-0.2, -0.15) is 0 Å². The topological polar surface area (TPSA) is 42.0 Å². The minimum Gasteiger partial charge on any atom is -0.351 e. The lowest BCUT2D eigenvalue weighted by Crippen LogP contribution is -2.32. The van der Waals surface area contributed by atoms with Crippen LogP contribution in [0.1, 0.15) is 28.8 Å². The molecular weight excluding hydrogens is 340 g/mol. The van der Waals surface area contributed by atoms with E-state index in [1.807, 2.05) is 48.5 Å². The van der Waals surface area contributed by atoms with E-state index >= 15 is 0 Å². The number of benzene rings is 2. The minimum absolute atomic E-state index is 0.0567. The quantitative estimate of drug-likeness (QED) is 0.693. The Kier molecular flexibility index (Phi) is 4.76. The van der Waals surface area contributed by atoms with E-state index in [2.05, 4.69) is 34.6 Å². The Labute approximate surface area is 157 Å². The largest absolute Gasteiger partial charge is 0.351 e. The second-order valence-corrected chi connectivity index (χ2v) is 7.66. The molecule has 1 amide bonds. The van der Waals surface area contributed by atoms with Crippen LogP contribution in [0.3, 0.4) is 0 Å². The van der Waals surface area contributed by atoms with E-state index in [4.69, 9.17) is 0 Å². The lowest BCUT2D eigenvalue weighted by Gasteiger charge is -2.17. The zero-order chi connectivity index (χ0) is 17.8. The van der Waals surface area contributed by atoms with Crippen LogP contribution in [0.5, 0.6) is 0 Å². The maximum atomic E-state index is 12.8. The fourth-order valence-corrected chi connectivity index (χ4v) is 4.00. The SMILES string of the molecule is O=C(NCC1(c2ccccc2)CC1)c1cccnc1Sc1ccccc1. The van der Waals surface area contributed by atoms with Gasteiger partial charge in [-0.1, -0.05) is 60.3 Å². The van der Waals surface area contributed by atoms with Gasteiger partial charge in [-0.15, -0.1) is 0 Å². The molecule has 1 aliphatic carbocycles. The molecule has 26 heavy (non-hydrogen) atoms. The number of pyridine rings is 1. The Balaban J connectivity index is 1.47. The summed E-state index contributed by atoms with van der Waals surface area (Å²) in [6.45, 7) is 0.667. The van der Waals surface area contributed by atoms with Crippen molar-refractivity contribution in [2.45, 2.75) is 28.2 Å². The molecule has 0 atom stereocenters. The van der Waals surface area contributed by atoms with Crippen LogP contribution in [-0.2, 0) is 5.41 Å². The zero-order valence-corrected chi connectivity index (χ0v) is 15.2. The van der Waals surface area contributed by atoms with E-state index in [-0.39, 0.29) is 11.3 Å². The molecular formula is C22H20N2OS. The van der Waals surface area contributed by atoms with Gasteiger partial charge in [-0.25, -0.2) is 4.98 Å². The first-order valence-electron chi connectivity index (χ1n) is 8.79. The summed E-state index contributed by atoms with van der Waals surface area (Å²) in [5.74, 6) is -0.0567. The summed E-state index contributed by atoms with van der Waals surface area (Å²) in [6.07, 6.45) is 3.97. The molecule has 0 unspecified atom stereocenters. The lowest BCUT2D eigenvalue weighted by atomic mass is 9.96. The predicted octanol–water partition coefficient (Wildman–Crippen LogP) is 4.69. The fourth-order valence-electron chi connectivity index (χ4n) is 3.10. The number of nitrogens with zero attached hydrogens (tertiary/aromatic N) is 1. The molecule has 1 N–H and O–H groups in total. The van der Waals surface area contributed by atoms with Crippen molar-refractivity contribution in [1.82, 2.24) is 10.3 Å². The summed E-state index contributed by atoms with van der Waals surface area (Å²) >= 11 is 1.52. The highest BCUT2D eigenvalue weighted by atomic mass is 32.2. The van der Waals surface area contributed by atoms with E-state index in [9.17, 15) is 4.79 Å². The third kappa shape index (κ3) is 3.65. The lowest BCUT2D eigenvalue weighted by molar-refractivity contribution is 0.0946. The molecule has 0 radical (unpaired) electrons. The molecule has 4 heteroatoms. The standard InChI is InChI=1S/C22H20N2OS/c25-20(24-16-22(13-14-22)17-8-3-1-4-9-17)19-12-7-15-23-21(19)26-18-10-5-2-6-11-18/h1-12,15H,13-14,16H2,(H,24,25). The maximum Gasteiger partial charge on any atom is 0.254 e. The van der Waals surface area contributed by atoms with Gasteiger partial charge in [0.25, 0.3) is 5.91 Å². The molecule has 0 bridgehead atoms. The number of hydrogen-bond acceptors (Lipinski definition) is 3. The van der Waals surface area contributed by atoms with E-state index in [0.717, 1.165) is 22.8 Å². The average Bonchev–Trinajstić information content (AvgIpc) is 3.49. The van der Waals surface area contributed by atoms with Crippen LogP contribution in [0, 0.1) is 0 Å². The number of aromatic nitrogens is 1. The second-order valence-electron chi connectivity index (χ2n) is 6.60. The van der Waals surface area contributed by atoms with Crippen LogP contribution in [0.2, 0.25) is 0 Å². The number of carbonyl (C=O) groups is 1. The summed E-state index contributed by atoms with van der Waals surface area (Å²) in [4.78, 5) is 18.3. The summed E-state index contributed by atoms with van der Waals surface area (Å²) in [7, 11) is 0. The van der Waals surface area contributed by atoms with Crippen LogP contribution in [0.25, 0.3) is 0 Å². The summed E-state index contributed by atoms with van der Waals surface area (Å²) in [5.41, 5.74) is 2.04. The van der Waals surface area contributed by atoms with Gasteiger partial charge in [-0.3, -0.25) is 4.79 Å². The number of nitrogens with one attached hydrogen (secondary N) is 1. The Morgan fingerprint density at radius 2 is 1.65 bits per heavy atom. The number of hydrogen-bond donors (Lipinski definition) is 1. The Morgan fingerprint density at radius 1 is 0.962 bits per heavy atom. The molecule has 1 heterocycles. The maximum absolute atomic E-state index is 12.8. The number of rotatable bonds is 6. The first-order valence-corrected chi connectivity index (χ1v) is 9.60. The van der Waals surface area contributed by atoms with Crippen molar-refractivity contribution in [2.75, 3.05) is 6.54 Å². The molecule has 0 spiro atoms. The molecule has 1 aliphatic rings. The molecule has 3 nitrogen and oxygen atoms in total. The molecule has 1 saturated carbocycles. The van der Waals surface area contributed by atoms with E-state index in [1.165, 1.54) is 17.3 Å². The molecule has 130 valence electrons. The van der Waals surface area contributed by atoms with E-state index < -0.39 is 0 Å². The molecule has 3 aromatic rings. The average molecular weight is 360 g/mol. The first-order chi connectivity index (χ1) is 12.8. The van der Waals surface area contributed by atoms with Crippen LogP contribution >= 0.6 is 11.8 Å². The molecule has 0 aliphatic heterocycles. The van der Waals surface area contributed by atoms with Crippen molar-refractivity contribution < 1.29 is 4.79 Å². The van der Waals surface area contributed by atoms with Crippen molar-refractivity contribution in [1.29, 1.82) is 0 Å². The highest BCUT2D eigenvalue weighted by molar-refractivity contribution is 7.99. The van der Waals surface area contributed by atoms with Gasteiger partial charge in [0.2, 0.25) is 0 Å². The summed E-state index contributed by atoms with van der Waals surface area (Å²) in [5, 5.41) is 3.87. The third-order valence-electron chi connectivity index (χ3n) is 4.80. The van der Waals surface area contributed by atoms with Gasteiger partial charge in [0.1, 0.15) is 5.03 Å². The van der Waals surface area contributed by atoms with Crippen LogP contribution in [0.15, 0.2) is 88.9 Å². The van der Waals surface area contributed by atoms with Gasteiger partial charge in [-0.05, 0) is 42.7 Å². The van der Waals surface area contributed by atoms with Gasteiger partial charge in [0.15, 0.2) is 0 Å². The molecule has 2 aromatic carbocycles. The normalized spacial score (nSPS) is 14.6. The molecule has 1 fully saturated rings. The Hall–Kier alpha value is -2.59. The third-order valence-corrected chi connectivity index (χ3v) is 5.83.